The van der Waals surface area contributed by atoms with Crippen molar-refractivity contribution in [2.24, 2.45) is 0 Å². The van der Waals surface area contributed by atoms with Gasteiger partial charge in [0.25, 0.3) is 0 Å². The van der Waals surface area contributed by atoms with E-state index in [1.165, 1.54) is 30.5 Å². The van der Waals surface area contributed by atoms with Gasteiger partial charge >= 0.3 is 0 Å². The molecule has 1 aromatic heterocycles. The Bertz CT molecular complexity index is 496. The number of nitrogens with zero attached hydrogens (tertiary/aromatic N) is 1. The molecule has 0 spiro atoms. The molecule has 1 fully saturated rings. The number of hydrogen-bond donors (Lipinski definition) is 1. The molecule has 0 aliphatic carbocycles. The first kappa shape index (κ1) is 15.0. The second kappa shape index (κ2) is 7.44. The Morgan fingerprint density at radius 1 is 1.45 bits per heavy atom. The van der Waals surface area contributed by atoms with Crippen molar-refractivity contribution in [1.82, 2.24) is 9.88 Å². The van der Waals surface area contributed by atoms with Crippen molar-refractivity contribution in [2.75, 3.05) is 19.6 Å². The molecule has 1 saturated heterocycles. The standard InChI is InChI=1S/C17H26N2O/c1-3-14(2)5-4-10-19-11-7-15(8-12-19)16-6-9-18-17(20)13-16/h5-6,9,13,15H,3-4,7-8,10-12H2,1-2H3,(H,18,20). The Labute approximate surface area is 121 Å². The molecular weight excluding hydrogens is 248 g/mol. The van der Waals surface area contributed by atoms with Gasteiger partial charge in [0.05, 0.1) is 0 Å². The van der Waals surface area contributed by atoms with Gasteiger partial charge in [-0.3, -0.25) is 4.79 Å². The van der Waals surface area contributed by atoms with E-state index in [2.05, 4.69) is 35.9 Å². The molecule has 110 valence electrons. The Morgan fingerprint density at radius 3 is 2.85 bits per heavy atom. The highest BCUT2D eigenvalue weighted by atomic mass is 16.1. The van der Waals surface area contributed by atoms with Crippen LogP contribution >= 0.6 is 0 Å². The molecule has 1 aromatic rings. The molecule has 0 bridgehead atoms. The topological polar surface area (TPSA) is 36.1 Å². The van der Waals surface area contributed by atoms with Crippen LogP contribution in [0.4, 0.5) is 0 Å². The molecule has 0 unspecified atom stereocenters. The van der Waals surface area contributed by atoms with E-state index in [0.717, 1.165) is 25.9 Å². The van der Waals surface area contributed by atoms with Gasteiger partial charge in [-0.1, -0.05) is 18.6 Å². The number of nitrogens with one attached hydrogen (secondary N) is 1. The highest BCUT2D eigenvalue weighted by molar-refractivity contribution is 5.16. The van der Waals surface area contributed by atoms with Gasteiger partial charge in [-0.05, 0) is 63.2 Å². The smallest absolute Gasteiger partial charge is 0.248 e. The van der Waals surface area contributed by atoms with Crippen LogP contribution in [-0.2, 0) is 0 Å². The zero-order chi connectivity index (χ0) is 14.4. The maximum atomic E-state index is 11.4. The number of allylic oxidation sites excluding steroid dienone is 1. The number of piperidine rings is 1. The summed E-state index contributed by atoms with van der Waals surface area (Å²) in [7, 11) is 0. The second-order valence-corrected chi connectivity index (χ2v) is 5.79. The fourth-order valence-corrected chi connectivity index (χ4v) is 2.84. The van der Waals surface area contributed by atoms with Gasteiger partial charge in [-0.25, -0.2) is 0 Å². The Kier molecular flexibility index (Phi) is 5.60. The average molecular weight is 274 g/mol. The molecule has 1 aliphatic rings. The summed E-state index contributed by atoms with van der Waals surface area (Å²) < 4.78 is 0. The maximum absolute atomic E-state index is 11.4. The summed E-state index contributed by atoms with van der Waals surface area (Å²) in [6.07, 6.45) is 8.78. The molecule has 1 aliphatic heterocycles. The van der Waals surface area contributed by atoms with Crippen molar-refractivity contribution in [3.8, 4) is 0 Å². The first-order chi connectivity index (χ1) is 9.69. The minimum Gasteiger partial charge on any atom is -0.329 e. The van der Waals surface area contributed by atoms with Gasteiger partial charge in [0.15, 0.2) is 0 Å². The summed E-state index contributed by atoms with van der Waals surface area (Å²) in [6, 6.07) is 3.81. The molecule has 0 radical (unpaired) electrons. The van der Waals surface area contributed by atoms with Gasteiger partial charge in [-0.15, -0.1) is 0 Å². The van der Waals surface area contributed by atoms with Crippen LogP contribution in [0.15, 0.2) is 34.8 Å². The van der Waals surface area contributed by atoms with Gasteiger partial charge in [-0.2, -0.15) is 0 Å². The summed E-state index contributed by atoms with van der Waals surface area (Å²) in [6.45, 7) is 7.88. The molecule has 3 heteroatoms. The van der Waals surface area contributed by atoms with Gasteiger partial charge < -0.3 is 9.88 Å². The summed E-state index contributed by atoms with van der Waals surface area (Å²) >= 11 is 0. The second-order valence-electron chi connectivity index (χ2n) is 5.79. The van der Waals surface area contributed by atoms with Crippen LogP contribution in [0.1, 0.15) is 51.0 Å². The predicted molar refractivity (Wildman–Crippen MR) is 84.1 cm³/mol. The van der Waals surface area contributed by atoms with Crippen molar-refractivity contribution in [3.05, 3.63) is 45.9 Å². The van der Waals surface area contributed by atoms with Crippen molar-refractivity contribution in [3.63, 3.8) is 0 Å². The molecule has 20 heavy (non-hydrogen) atoms. The van der Waals surface area contributed by atoms with E-state index < -0.39 is 0 Å². The van der Waals surface area contributed by atoms with Crippen LogP contribution in [0.25, 0.3) is 0 Å². The number of likely N-dealkylation sites (tertiary alicyclic amines) is 1. The first-order valence-corrected chi connectivity index (χ1v) is 7.75. The molecular formula is C17H26N2O. The van der Waals surface area contributed by atoms with Gasteiger partial charge in [0.1, 0.15) is 0 Å². The van der Waals surface area contributed by atoms with E-state index in [9.17, 15) is 4.79 Å². The minimum absolute atomic E-state index is 0.0186. The van der Waals surface area contributed by atoms with Gasteiger partial charge in [0, 0.05) is 18.8 Å². The number of H-pyrrole nitrogens is 1. The van der Waals surface area contributed by atoms with E-state index in [1.54, 1.807) is 12.3 Å². The summed E-state index contributed by atoms with van der Waals surface area (Å²) in [5.41, 5.74) is 2.71. The average Bonchev–Trinajstić information content (AvgIpc) is 2.48. The van der Waals surface area contributed by atoms with Crippen molar-refractivity contribution < 1.29 is 0 Å². The highest BCUT2D eigenvalue weighted by Gasteiger charge is 2.20. The lowest BCUT2D eigenvalue weighted by atomic mass is 9.90. The van der Waals surface area contributed by atoms with Crippen molar-refractivity contribution >= 4 is 0 Å². The number of pyridine rings is 1. The summed E-state index contributed by atoms with van der Waals surface area (Å²) in [5, 5.41) is 0. The van der Waals surface area contributed by atoms with Crippen LogP contribution in [0, 0.1) is 0 Å². The number of hydrogen-bond acceptors (Lipinski definition) is 2. The van der Waals surface area contributed by atoms with Crippen LogP contribution in [0.3, 0.4) is 0 Å². The fraction of sp³-hybridized carbons (Fsp3) is 0.588. The van der Waals surface area contributed by atoms with E-state index in [-0.39, 0.29) is 5.56 Å². The molecule has 2 rings (SSSR count). The molecule has 0 aromatic carbocycles. The highest BCUT2D eigenvalue weighted by Crippen LogP contribution is 2.26. The van der Waals surface area contributed by atoms with Crippen LogP contribution < -0.4 is 5.56 Å². The SMILES string of the molecule is CCC(C)=CCCN1CCC(c2cc[nH]c(=O)c2)CC1. The zero-order valence-electron chi connectivity index (χ0n) is 12.7. The van der Waals surface area contributed by atoms with Gasteiger partial charge in [0.2, 0.25) is 5.56 Å². The lowest BCUT2D eigenvalue weighted by molar-refractivity contribution is 0.215. The Hall–Kier alpha value is -1.35. The molecule has 0 saturated carbocycles. The summed E-state index contributed by atoms with van der Waals surface area (Å²) in [4.78, 5) is 16.6. The van der Waals surface area contributed by atoms with Crippen molar-refractivity contribution in [1.29, 1.82) is 0 Å². The van der Waals surface area contributed by atoms with E-state index in [0.29, 0.717) is 5.92 Å². The van der Waals surface area contributed by atoms with E-state index in [4.69, 9.17) is 0 Å². The summed E-state index contributed by atoms with van der Waals surface area (Å²) in [5.74, 6) is 0.557. The van der Waals surface area contributed by atoms with Crippen LogP contribution in [-0.4, -0.2) is 29.5 Å². The number of rotatable bonds is 5. The Morgan fingerprint density at radius 2 is 2.20 bits per heavy atom. The first-order valence-electron chi connectivity index (χ1n) is 7.75. The normalized spacial score (nSPS) is 18.4. The lowest BCUT2D eigenvalue weighted by Gasteiger charge is -2.31. The van der Waals surface area contributed by atoms with E-state index >= 15 is 0 Å². The monoisotopic (exact) mass is 274 g/mol. The largest absolute Gasteiger partial charge is 0.329 e. The Balaban J connectivity index is 1.79. The molecule has 3 nitrogen and oxygen atoms in total. The quantitative estimate of drug-likeness (QED) is 0.836. The minimum atomic E-state index is 0.0186. The molecule has 0 amide bonds. The number of aromatic nitrogens is 1. The van der Waals surface area contributed by atoms with Crippen molar-refractivity contribution in [2.45, 2.75) is 45.4 Å². The third-order valence-corrected chi connectivity index (χ3v) is 4.35. The third-order valence-electron chi connectivity index (χ3n) is 4.35. The maximum Gasteiger partial charge on any atom is 0.248 e. The molecule has 1 N–H and O–H groups in total. The van der Waals surface area contributed by atoms with Crippen LogP contribution in [0.5, 0.6) is 0 Å². The van der Waals surface area contributed by atoms with E-state index in [1.807, 2.05) is 0 Å². The number of aromatic amines is 1. The fourth-order valence-electron chi connectivity index (χ4n) is 2.84. The predicted octanol–water partition coefficient (Wildman–Crippen LogP) is 3.30. The zero-order valence-corrected chi connectivity index (χ0v) is 12.7. The lowest BCUT2D eigenvalue weighted by Crippen LogP contribution is -2.33. The van der Waals surface area contributed by atoms with Crippen LogP contribution in [0.2, 0.25) is 0 Å². The molecule has 0 atom stereocenters. The molecule has 2 heterocycles. The third kappa shape index (κ3) is 4.34.